The molecule has 0 saturated carbocycles. The Morgan fingerprint density at radius 3 is 2.62 bits per heavy atom. The van der Waals surface area contributed by atoms with Crippen LogP contribution in [0.4, 0.5) is 0 Å². The molecule has 156 valence electrons. The van der Waals surface area contributed by atoms with E-state index >= 15 is 0 Å². The molecule has 2 aromatic rings. The Labute approximate surface area is 172 Å². The molecule has 2 heterocycles. The molecule has 5 atom stereocenters. The molecule has 1 aliphatic rings. The molecule has 1 aliphatic heterocycles. The normalized spacial score (nSPS) is 26.8. The minimum Gasteiger partial charge on any atom is -0.394 e. The van der Waals surface area contributed by atoms with Crippen molar-refractivity contribution in [2.24, 2.45) is 0 Å². The van der Waals surface area contributed by atoms with E-state index in [0.717, 1.165) is 5.56 Å². The molecule has 4 N–H and O–H groups in total. The number of nitrogens with one attached hydrogen (secondary N) is 1. The van der Waals surface area contributed by atoms with Crippen molar-refractivity contribution in [1.29, 1.82) is 0 Å². The number of aliphatic hydroxyl groups excluding tert-OH is 3. The van der Waals surface area contributed by atoms with Gasteiger partial charge in [-0.15, -0.1) is 11.7 Å². The fourth-order valence-electron chi connectivity index (χ4n) is 3.37. The predicted octanol–water partition coefficient (Wildman–Crippen LogP) is 0.383. The lowest BCUT2D eigenvalue weighted by Gasteiger charge is -2.42. The van der Waals surface area contributed by atoms with Gasteiger partial charge in [0.2, 0.25) is 10.7 Å². The van der Waals surface area contributed by atoms with Gasteiger partial charge in [-0.3, -0.25) is 9.36 Å². The summed E-state index contributed by atoms with van der Waals surface area (Å²) in [5.41, 5.74) is 0.811. The molecule has 1 saturated heterocycles. The van der Waals surface area contributed by atoms with Crippen LogP contribution in [0.25, 0.3) is 11.4 Å². The molecular weight excluding hydrogens is 396 g/mol. The first-order valence-corrected chi connectivity index (χ1v) is 9.55. The summed E-state index contributed by atoms with van der Waals surface area (Å²) in [7, 11) is 0. The summed E-state index contributed by atoms with van der Waals surface area (Å²) in [4.78, 5) is 11.7. The van der Waals surface area contributed by atoms with Crippen LogP contribution >= 0.6 is 12.2 Å². The third-order valence-electron chi connectivity index (χ3n) is 4.74. The number of benzene rings is 1. The lowest BCUT2D eigenvalue weighted by atomic mass is 9.96. The maximum Gasteiger partial charge on any atom is 0.217 e. The third kappa shape index (κ3) is 4.16. The lowest BCUT2D eigenvalue weighted by molar-refractivity contribution is -0.219. The number of hydrogen-bond acceptors (Lipinski definition) is 7. The van der Waals surface area contributed by atoms with Crippen LogP contribution in [-0.4, -0.2) is 66.5 Å². The summed E-state index contributed by atoms with van der Waals surface area (Å²) in [5, 5.41) is 37.5. The first kappa shape index (κ1) is 21.3. The molecule has 0 aliphatic carbocycles. The smallest absolute Gasteiger partial charge is 0.217 e. The predicted molar refractivity (Wildman–Crippen MR) is 107 cm³/mol. The van der Waals surface area contributed by atoms with E-state index in [9.17, 15) is 20.1 Å². The lowest BCUT2D eigenvalue weighted by Crippen LogP contribution is -2.62. The van der Waals surface area contributed by atoms with E-state index in [4.69, 9.17) is 17.0 Å². The SMILES string of the molecule is C=CCn1c(-c2ccccc2)nn([C@@H]2O[C@H](CO)[C@H](O)[C@@H](O)[C@@H]2NC(C)=O)c1=S. The van der Waals surface area contributed by atoms with Gasteiger partial charge in [-0.25, -0.2) is 4.68 Å². The molecule has 1 aromatic carbocycles. The summed E-state index contributed by atoms with van der Waals surface area (Å²) in [6, 6.07) is 8.36. The van der Waals surface area contributed by atoms with E-state index in [-0.39, 0.29) is 4.77 Å². The highest BCUT2D eigenvalue weighted by Crippen LogP contribution is 2.30. The number of allylic oxidation sites excluding steroid dienone is 1. The van der Waals surface area contributed by atoms with Crippen molar-refractivity contribution < 1.29 is 24.9 Å². The average molecular weight is 420 g/mol. The number of rotatable bonds is 6. The number of amides is 1. The van der Waals surface area contributed by atoms with Crippen molar-refractivity contribution in [2.75, 3.05) is 6.61 Å². The highest BCUT2D eigenvalue weighted by Gasteiger charge is 2.46. The number of aliphatic hydroxyl groups is 3. The summed E-state index contributed by atoms with van der Waals surface area (Å²) >= 11 is 5.58. The molecule has 1 aromatic heterocycles. The molecule has 10 heteroatoms. The van der Waals surface area contributed by atoms with E-state index in [0.29, 0.717) is 12.4 Å². The van der Waals surface area contributed by atoms with Crippen molar-refractivity contribution in [2.45, 2.75) is 44.1 Å². The Kier molecular flexibility index (Phi) is 6.60. The van der Waals surface area contributed by atoms with Crippen molar-refractivity contribution in [3.05, 3.63) is 47.8 Å². The van der Waals surface area contributed by atoms with Crippen molar-refractivity contribution in [3.63, 3.8) is 0 Å². The van der Waals surface area contributed by atoms with Crippen LogP contribution < -0.4 is 5.32 Å². The second kappa shape index (κ2) is 8.97. The molecule has 0 spiro atoms. The second-order valence-electron chi connectivity index (χ2n) is 6.77. The van der Waals surface area contributed by atoms with Crippen LogP contribution in [0.3, 0.4) is 0 Å². The van der Waals surface area contributed by atoms with Crippen molar-refractivity contribution in [1.82, 2.24) is 19.7 Å². The van der Waals surface area contributed by atoms with E-state index in [1.807, 2.05) is 30.3 Å². The molecule has 0 bridgehead atoms. The monoisotopic (exact) mass is 420 g/mol. The highest BCUT2D eigenvalue weighted by atomic mass is 32.1. The van der Waals surface area contributed by atoms with Crippen molar-refractivity contribution >= 4 is 18.1 Å². The van der Waals surface area contributed by atoms with Gasteiger partial charge in [-0.05, 0) is 12.2 Å². The zero-order valence-corrected chi connectivity index (χ0v) is 16.7. The molecule has 3 rings (SSSR count). The van der Waals surface area contributed by atoms with Gasteiger partial charge in [0.15, 0.2) is 12.1 Å². The van der Waals surface area contributed by atoms with Gasteiger partial charge in [-0.2, -0.15) is 0 Å². The minimum absolute atomic E-state index is 0.282. The summed E-state index contributed by atoms with van der Waals surface area (Å²) in [6.45, 7) is 4.91. The fourth-order valence-corrected chi connectivity index (χ4v) is 3.68. The Bertz CT molecular complexity index is 928. The van der Waals surface area contributed by atoms with E-state index < -0.39 is 43.1 Å². The van der Waals surface area contributed by atoms with Crippen LogP contribution in [0, 0.1) is 4.77 Å². The fraction of sp³-hybridized carbons (Fsp3) is 0.421. The maximum atomic E-state index is 11.7. The van der Waals surface area contributed by atoms with Crippen LogP contribution in [0.15, 0.2) is 43.0 Å². The zero-order valence-electron chi connectivity index (χ0n) is 15.9. The first-order chi connectivity index (χ1) is 13.9. The molecule has 0 unspecified atom stereocenters. The topological polar surface area (TPSA) is 122 Å². The van der Waals surface area contributed by atoms with Gasteiger partial charge in [0.05, 0.1) is 6.61 Å². The van der Waals surface area contributed by atoms with Crippen LogP contribution in [0.5, 0.6) is 0 Å². The largest absolute Gasteiger partial charge is 0.394 e. The molecule has 1 fully saturated rings. The summed E-state index contributed by atoms with van der Waals surface area (Å²) in [5.74, 6) is 0.138. The van der Waals surface area contributed by atoms with Gasteiger partial charge in [0.1, 0.15) is 24.4 Å². The molecule has 0 radical (unpaired) electrons. The first-order valence-electron chi connectivity index (χ1n) is 9.14. The summed E-state index contributed by atoms with van der Waals surface area (Å²) < 4.78 is 9.20. The van der Waals surface area contributed by atoms with Crippen molar-refractivity contribution in [3.8, 4) is 11.4 Å². The number of aromatic nitrogens is 3. The minimum atomic E-state index is -1.39. The molecule has 9 nitrogen and oxygen atoms in total. The van der Waals surface area contributed by atoms with E-state index in [1.54, 1.807) is 10.6 Å². The molecular formula is C19H24N4O5S. The zero-order chi connectivity index (χ0) is 21.1. The highest BCUT2D eigenvalue weighted by molar-refractivity contribution is 7.71. The Hall–Kier alpha value is -2.37. The third-order valence-corrected chi connectivity index (χ3v) is 5.15. The van der Waals surface area contributed by atoms with Gasteiger partial charge >= 0.3 is 0 Å². The maximum absolute atomic E-state index is 11.7. The number of carbonyl (C=O) groups excluding carboxylic acids is 1. The standard InChI is InChI=1S/C19H24N4O5S/c1-3-9-22-17(12-7-5-4-6-8-12)21-23(19(22)29)18-14(20-11(2)25)16(27)15(26)13(10-24)28-18/h3-8,13-16,18,24,26-27H,1,9-10H2,2H3,(H,20,25)/t13-,14+,15+,16+,18-/m1/s1. The number of nitrogens with zero attached hydrogens (tertiary/aromatic N) is 3. The van der Waals surface area contributed by atoms with Crippen LogP contribution in [0.2, 0.25) is 0 Å². The van der Waals surface area contributed by atoms with Gasteiger partial charge in [-0.1, -0.05) is 36.4 Å². The number of hydrogen-bond donors (Lipinski definition) is 4. The summed E-state index contributed by atoms with van der Waals surface area (Å²) in [6.07, 6.45) is -3.19. The Morgan fingerprint density at radius 1 is 1.34 bits per heavy atom. The van der Waals surface area contributed by atoms with Gasteiger partial charge < -0.3 is 25.4 Å². The van der Waals surface area contributed by atoms with Crippen LogP contribution in [0.1, 0.15) is 13.2 Å². The Morgan fingerprint density at radius 2 is 2.03 bits per heavy atom. The molecule has 29 heavy (non-hydrogen) atoms. The van der Waals surface area contributed by atoms with Crippen LogP contribution in [-0.2, 0) is 16.1 Å². The van der Waals surface area contributed by atoms with E-state index in [2.05, 4.69) is 17.0 Å². The van der Waals surface area contributed by atoms with E-state index in [1.165, 1.54) is 11.6 Å². The average Bonchev–Trinajstić information content (AvgIpc) is 3.03. The number of ether oxygens (including phenoxy) is 1. The second-order valence-corrected chi connectivity index (χ2v) is 7.14. The number of carbonyl (C=O) groups is 1. The quantitative estimate of drug-likeness (QED) is 0.394. The van der Waals surface area contributed by atoms with Gasteiger partial charge in [0.25, 0.3) is 0 Å². The van der Waals surface area contributed by atoms with Gasteiger partial charge in [0, 0.05) is 19.0 Å². The molecule has 1 amide bonds. The Balaban J connectivity index is 2.12.